The van der Waals surface area contributed by atoms with Crippen LogP contribution >= 0.6 is 11.8 Å². The van der Waals surface area contributed by atoms with Gasteiger partial charge in [0.05, 0.1) is 5.25 Å². The third-order valence-corrected chi connectivity index (χ3v) is 3.70. The van der Waals surface area contributed by atoms with Gasteiger partial charge in [0.2, 0.25) is 17.8 Å². The van der Waals surface area contributed by atoms with Crippen molar-refractivity contribution in [3.05, 3.63) is 30.3 Å². The number of benzene rings is 1. The van der Waals surface area contributed by atoms with Gasteiger partial charge in [0, 0.05) is 12.7 Å². The van der Waals surface area contributed by atoms with Crippen LogP contribution in [0.4, 0.5) is 17.6 Å². The Morgan fingerprint density at radius 2 is 1.71 bits per heavy atom. The van der Waals surface area contributed by atoms with E-state index in [1.807, 2.05) is 30.3 Å². The fourth-order valence-electron chi connectivity index (χ4n) is 1.70. The summed E-state index contributed by atoms with van der Waals surface area (Å²) in [4.78, 5) is 25.6. The Bertz CT molecular complexity index is 616. The molecular formula is C13H16N6OS. The summed E-state index contributed by atoms with van der Waals surface area (Å²) in [5.41, 5.74) is 11.8. The van der Waals surface area contributed by atoms with Gasteiger partial charge in [-0.1, -0.05) is 30.0 Å². The number of para-hydroxylation sites is 1. The van der Waals surface area contributed by atoms with Crippen molar-refractivity contribution in [2.45, 2.75) is 17.3 Å². The summed E-state index contributed by atoms with van der Waals surface area (Å²) in [6.07, 6.45) is 0. The van der Waals surface area contributed by atoms with Crippen molar-refractivity contribution >= 4 is 35.3 Å². The van der Waals surface area contributed by atoms with Gasteiger partial charge >= 0.3 is 0 Å². The van der Waals surface area contributed by atoms with E-state index in [4.69, 9.17) is 11.5 Å². The number of nitrogens with two attached hydrogens (primary N) is 2. The molecular weight excluding hydrogens is 288 g/mol. The van der Waals surface area contributed by atoms with Gasteiger partial charge in [-0.05, 0) is 19.1 Å². The standard InChI is InChI=1S/C13H16N6OS/c1-8(21-13-17-11(14)16-12(15)18-13)10(20)19(2)9-6-4-3-5-7-9/h3-8H,1-2H3,(H4,14,15,16,17,18). The van der Waals surface area contributed by atoms with Gasteiger partial charge in [0.1, 0.15) is 0 Å². The van der Waals surface area contributed by atoms with Crippen molar-refractivity contribution in [1.82, 2.24) is 15.0 Å². The molecule has 1 aromatic heterocycles. The number of nitrogens with zero attached hydrogens (tertiary/aromatic N) is 4. The molecule has 110 valence electrons. The van der Waals surface area contributed by atoms with Crippen LogP contribution in [-0.4, -0.2) is 33.2 Å². The Morgan fingerprint density at radius 1 is 1.14 bits per heavy atom. The summed E-state index contributed by atoms with van der Waals surface area (Å²) >= 11 is 1.19. The molecule has 2 aromatic rings. The molecule has 1 unspecified atom stereocenters. The van der Waals surface area contributed by atoms with Crippen molar-refractivity contribution in [3.63, 3.8) is 0 Å². The Morgan fingerprint density at radius 3 is 2.29 bits per heavy atom. The van der Waals surface area contributed by atoms with Gasteiger partial charge in [0.25, 0.3) is 0 Å². The third-order valence-electron chi connectivity index (χ3n) is 2.75. The molecule has 2 rings (SSSR count). The fourth-order valence-corrected chi connectivity index (χ4v) is 2.57. The fraction of sp³-hybridized carbons (Fsp3) is 0.231. The SMILES string of the molecule is CC(Sc1nc(N)nc(N)n1)C(=O)N(C)c1ccccc1. The van der Waals surface area contributed by atoms with Crippen LogP contribution in [0.2, 0.25) is 0 Å². The van der Waals surface area contributed by atoms with E-state index < -0.39 is 0 Å². The molecule has 0 spiro atoms. The molecule has 0 aliphatic carbocycles. The van der Waals surface area contributed by atoms with Crippen LogP contribution in [0.15, 0.2) is 35.5 Å². The summed E-state index contributed by atoms with van der Waals surface area (Å²) in [5, 5.41) is -0.0429. The maximum Gasteiger partial charge on any atom is 0.240 e. The maximum atomic E-state index is 12.4. The number of anilines is 3. The number of hydrogen-bond donors (Lipinski definition) is 2. The quantitative estimate of drug-likeness (QED) is 0.816. The Hall–Kier alpha value is -2.35. The molecule has 0 bridgehead atoms. The smallest absolute Gasteiger partial charge is 0.240 e. The average molecular weight is 304 g/mol. The number of aromatic nitrogens is 3. The second-order valence-corrected chi connectivity index (χ2v) is 5.64. The Balaban J connectivity index is 2.09. The second-order valence-electron chi connectivity index (χ2n) is 4.33. The molecule has 1 amide bonds. The van der Waals surface area contributed by atoms with Crippen molar-refractivity contribution in [1.29, 1.82) is 0 Å². The van der Waals surface area contributed by atoms with Gasteiger partial charge in [-0.2, -0.15) is 15.0 Å². The molecule has 1 atom stereocenters. The summed E-state index contributed by atoms with van der Waals surface area (Å²) in [6, 6.07) is 9.40. The molecule has 1 aromatic carbocycles. The predicted molar refractivity (Wildman–Crippen MR) is 83.8 cm³/mol. The van der Waals surface area contributed by atoms with Crippen LogP contribution in [0, 0.1) is 0 Å². The molecule has 1 heterocycles. The van der Waals surface area contributed by atoms with E-state index in [2.05, 4.69) is 15.0 Å². The van der Waals surface area contributed by atoms with E-state index in [9.17, 15) is 4.79 Å². The average Bonchev–Trinajstić information content (AvgIpc) is 2.45. The molecule has 8 heteroatoms. The lowest BCUT2D eigenvalue weighted by atomic mass is 10.3. The van der Waals surface area contributed by atoms with Crippen LogP contribution in [0.25, 0.3) is 0 Å². The topological polar surface area (TPSA) is 111 Å². The lowest BCUT2D eigenvalue weighted by Gasteiger charge is -2.20. The van der Waals surface area contributed by atoms with Gasteiger partial charge in [-0.3, -0.25) is 4.79 Å². The first-order valence-electron chi connectivity index (χ1n) is 6.23. The normalized spacial score (nSPS) is 11.9. The van der Waals surface area contributed by atoms with Crippen LogP contribution in [-0.2, 0) is 4.79 Å². The minimum atomic E-state index is -0.378. The van der Waals surface area contributed by atoms with Gasteiger partial charge in [0.15, 0.2) is 5.16 Å². The molecule has 0 radical (unpaired) electrons. The zero-order valence-electron chi connectivity index (χ0n) is 11.7. The zero-order valence-corrected chi connectivity index (χ0v) is 12.5. The highest BCUT2D eigenvalue weighted by Crippen LogP contribution is 2.23. The molecule has 4 N–H and O–H groups in total. The number of nitrogen functional groups attached to an aromatic ring is 2. The van der Waals surface area contributed by atoms with E-state index in [-0.39, 0.29) is 23.1 Å². The van der Waals surface area contributed by atoms with E-state index in [0.29, 0.717) is 5.16 Å². The summed E-state index contributed by atoms with van der Waals surface area (Å²) < 4.78 is 0. The highest BCUT2D eigenvalue weighted by atomic mass is 32.2. The van der Waals surface area contributed by atoms with Gasteiger partial charge in [-0.25, -0.2) is 0 Å². The third kappa shape index (κ3) is 3.82. The molecule has 0 saturated carbocycles. The van der Waals surface area contributed by atoms with Crippen molar-refractivity contribution < 1.29 is 4.79 Å². The number of carbonyl (C=O) groups is 1. The predicted octanol–water partition coefficient (Wildman–Crippen LogP) is 1.18. The molecule has 0 aliphatic rings. The molecule has 0 aliphatic heterocycles. The van der Waals surface area contributed by atoms with E-state index in [1.165, 1.54) is 11.8 Å². The lowest BCUT2D eigenvalue weighted by molar-refractivity contribution is -0.117. The van der Waals surface area contributed by atoms with E-state index in [1.54, 1.807) is 18.9 Å². The first-order valence-corrected chi connectivity index (χ1v) is 7.11. The van der Waals surface area contributed by atoms with Gasteiger partial charge in [-0.15, -0.1) is 0 Å². The number of thioether (sulfide) groups is 1. The minimum absolute atomic E-state index is 0.0427. The van der Waals surface area contributed by atoms with Crippen LogP contribution < -0.4 is 16.4 Å². The Kier molecular flexibility index (Phi) is 4.59. The second kappa shape index (κ2) is 6.40. The zero-order chi connectivity index (χ0) is 15.4. The van der Waals surface area contributed by atoms with Gasteiger partial charge < -0.3 is 16.4 Å². The first kappa shape index (κ1) is 15.0. The van der Waals surface area contributed by atoms with Crippen molar-refractivity contribution in [3.8, 4) is 0 Å². The highest BCUT2D eigenvalue weighted by Gasteiger charge is 2.21. The summed E-state index contributed by atoms with van der Waals surface area (Å²) in [7, 11) is 1.73. The van der Waals surface area contributed by atoms with E-state index in [0.717, 1.165) is 5.69 Å². The summed E-state index contributed by atoms with van der Waals surface area (Å²) in [5.74, 6) is 0.0193. The number of rotatable bonds is 4. The first-order chi connectivity index (χ1) is 9.97. The molecule has 0 fully saturated rings. The molecule has 21 heavy (non-hydrogen) atoms. The molecule has 0 saturated heterocycles. The van der Waals surface area contributed by atoms with Crippen LogP contribution in [0.3, 0.4) is 0 Å². The van der Waals surface area contributed by atoms with Crippen LogP contribution in [0.1, 0.15) is 6.92 Å². The number of hydrogen-bond acceptors (Lipinski definition) is 7. The minimum Gasteiger partial charge on any atom is -0.368 e. The number of carbonyl (C=O) groups excluding carboxylic acids is 1. The van der Waals surface area contributed by atoms with Crippen LogP contribution in [0.5, 0.6) is 0 Å². The van der Waals surface area contributed by atoms with E-state index >= 15 is 0 Å². The van der Waals surface area contributed by atoms with Crippen molar-refractivity contribution in [2.75, 3.05) is 23.4 Å². The van der Waals surface area contributed by atoms with Crippen molar-refractivity contribution in [2.24, 2.45) is 0 Å². The molecule has 7 nitrogen and oxygen atoms in total. The summed E-state index contributed by atoms with van der Waals surface area (Å²) in [6.45, 7) is 1.78. The number of amides is 1. The largest absolute Gasteiger partial charge is 0.368 e. The lowest BCUT2D eigenvalue weighted by Crippen LogP contribution is -2.33. The Labute approximate surface area is 126 Å². The highest BCUT2D eigenvalue weighted by molar-refractivity contribution is 8.00. The maximum absolute atomic E-state index is 12.4. The monoisotopic (exact) mass is 304 g/mol.